The summed E-state index contributed by atoms with van der Waals surface area (Å²) in [6.45, 7) is 4.27. The lowest BCUT2D eigenvalue weighted by molar-refractivity contribution is -0.137. The Labute approximate surface area is 103 Å². The van der Waals surface area contributed by atoms with Gasteiger partial charge >= 0.3 is 5.97 Å². The van der Waals surface area contributed by atoms with Crippen LogP contribution in [0.25, 0.3) is 0 Å². The molecular weight excluding hydrogens is 220 g/mol. The highest BCUT2D eigenvalue weighted by atomic mass is 16.4. The van der Waals surface area contributed by atoms with Crippen LogP contribution in [0.4, 0.5) is 0 Å². The van der Waals surface area contributed by atoms with Crippen molar-refractivity contribution >= 4 is 11.9 Å². The summed E-state index contributed by atoms with van der Waals surface area (Å²) >= 11 is 0. The fraction of sp³-hybridized carbons (Fsp3) is 0.833. The van der Waals surface area contributed by atoms with E-state index in [1.165, 1.54) is 0 Å². The van der Waals surface area contributed by atoms with E-state index in [1.807, 2.05) is 13.8 Å². The van der Waals surface area contributed by atoms with E-state index < -0.39 is 5.97 Å². The Bertz CT molecular complexity index is 244. The summed E-state index contributed by atoms with van der Waals surface area (Å²) in [7, 11) is 0. The number of hydrogen-bond donors (Lipinski definition) is 3. The van der Waals surface area contributed by atoms with E-state index in [4.69, 9.17) is 10.8 Å². The van der Waals surface area contributed by atoms with E-state index in [1.54, 1.807) is 0 Å². The summed E-state index contributed by atoms with van der Waals surface area (Å²) in [4.78, 5) is 22.1. The quantitative estimate of drug-likeness (QED) is 0.566. The molecule has 4 N–H and O–H groups in total. The van der Waals surface area contributed by atoms with Crippen LogP contribution in [0.1, 0.15) is 46.0 Å². The maximum Gasteiger partial charge on any atom is 0.303 e. The second-order valence-electron chi connectivity index (χ2n) is 4.42. The predicted molar refractivity (Wildman–Crippen MR) is 66.5 cm³/mol. The van der Waals surface area contributed by atoms with Crippen LogP contribution >= 0.6 is 0 Å². The first-order chi connectivity index (χ1) is 8.01. The van der Waals surface area contributed by atoms with Crippen LogP contribution in [0.3, 0.4) is 0 Å². The number of carbonyl (C=O) groups is 2. The van der Waals surface area contributed by atoms with Crippen molar-refractivity contribution in [3.8, 4) is 0 Å². The van der Waals surface area contributed by atoms with Crippen molar-refractivity contribution in [3.63, 3.8) is 0 Å². The maximum absolute atomic E-state index is 11.8. The normalized spacial score (nSPS) is 14.1. The summed E-state index contributed by atoms with van der Waals surface area (Å²) in [6.07, 6.45) is 3.14. The molecule has 1 amide bonds. The Kier molecular flexibility index (Phi) is 8.40. The Balaban J connectivity index is 3.88. The van der Waals surface area contributed by atoms with Gasteiger partial charge in [0, 0.05) is 19.0 Å². The summed E-state index contributed by atoms with van der Waals surface area (Å²) in [6, 6.07) is 0.00718. The molecule has 0 bridgehead atoms. The standard InChI is InChI=1S/C12H24N2O3/c1-3-5-10(8-13)12(17)14-9(2)6-4-7-11(15)16/h9-10H,3-8,13H2,1-2H3,(H,14,17)(H,15,16). The zero-order valence-corrected chi connectivity index (χ0v) is 10.7. The third-order valence-corrected chi connectivity index (χ3v) is 2.71. The molecule has 2 atom stereocenters. The van der Waals surface area contributed by atoms with Crippen molar-refractivity contribution in [3.05, 3.63) is 0 Å². The predicted octanol–water partition coefficient (Wildman–Crippen LogP) is 1.12. The van der Waals surface area contributed by atoms with Crippen molar-refractivity contribution in [2.45, 2.75) is 52.0 Å². The molecule has 0 aromatic rings. The Morgan fingerprint density at radius 2 is 2.00 bits per heavy atom. The molecule has 0 aliphatic rings. The number of rotatable bonds is 9. The van der Waals surface area contributed by atoms with Crippen molar-refractivity contribution in [2.75, 3.05) is 6.54 Å². The van der Waals surface area contributed by atoms with Crippen LogP contribution in [0, 0.1) is 5.92 Å². The average molecular weight is 244 g/mol. The molecule has 100 valence electrons. The molecule has 0 fully saturated rings. The molecule has 5 heteroatoms. The van der Waals surface area contributed by atoms with Gasteiger partial charge in [-0.25, -0.2) is 0 Å². The van der Waals surface area contributed by atoms with Crippen LogP contribution in [0.15, 0.2) is 0 Å². The number of carboxylic acids is 1. The SMILES string of the molecule is CCCC(CN)C(=O)NC(C)CCCC(=O)O. The average Bonchev–Trinajstić information content (AvgIpc) is 2.24. The molecule has 0 rings (SSSR count). The molecule has 0 radical (unpaired) electrons. The third kappa shape index (κ3) is 7.74. The number of aliphatic carboxylic acids is 1. The van der Waals surface area contributed by atoms with E-state index in [-0.39, 0.29) is 24.3 Å². The monoisotopic (exact) mass is 244 g/mol. The molecule has 0 aliphatic carbocycles. The molecule has 0 aromatic heterocycles. The Morgan fingerprint density at radius 3 is 2.47 bits per heavy atom. The summed E-state index contributed by atoms with van der Waals surface area (Å²) in [5.74, 6) is -0.937. The fourth-order valence-electron chi connectivity index (χ4n) is 1.70. The molecule has 0 aliphatic heterocycles. The fourth-order valence-corrected chi connectivity index (χ4v) is 1.70. The minimum Gasteiger partial charge on any atom is -0.481 e. The number of nitrogens with one attached hydrogen (secondary N) is 1. The van der Waals surface area contributed by atoms with Gasteiger partial charge < -0.3 is 16.2 Å². The number of hydrogen-bond acceptors (Lipinski definition) is 3. The van der Waals surface area contributed by atoms with Gasteiger partial charge in [-0.15, -0.1) is 0 Å². The number of nitrogens with two attached hydrogens (primary N) is 1. The van der Waals surface area contributed by atoms with Gasteiger partial charge in [-0.2, -0.15) is 0 Å². The summed E-state index contributed by atoms with van der Waals surface area (Å²) in [5, 5.41) is 11.4. The number of carboxylic acid groups (broad SMARTS) is 1. The lowest BCUT2D eigenvalue weighted by Crippen LogP contribution is -2.40. The highest BCUT2D eigenvalue weighted by Crippen LogP contribution is 2.07. The van der Waals surface area contributed by atoms with Crippen molar-refractivity contribution in [2.24, 2.45) is 11.7 Å². The van der Waals surface area contributed by atoms with E-state index in [0.717, 1.165) is 12.8 Å². The van der Waals surface area contributed by atoms with Crippen LogP contribution in [-0.2, 0) is 9.59 Å². The number of carbonyl (C=O) groups excluding carboxylic acids is 1. The highest BCUT2D eigenvalue weighted by Gasteiger charge is 2.17. The summed E-state index contributed by atoms with van der Waals surface area (Å²) in [5.41, 5.74) is 5.54. The smallest absolute Gasteiger partial charge is 0.303 e. The maximum atomic E-state index is 11.8. The molecule has 0 saturated carbocycles. The first-order valence-corrected chi connectivity index (χ1v) is 6.23. The van der Waals surface area contributed by atoms with Gasteiger partial charge in [0.1, 0.15) is 0 Å². The molecule has 0 aromatic carbocycles. The van der Waals surface area contributed by atoms with Crippen LogP contribution < -0.4 is 11.1 Å². The second-order valence-corrected chi connectivity index (χ2v) is 4.42. The first-order valence-electron chi connectivity index (χ1n) is 6.23. The molecule has 5 nitrogen and oxygen atoms in total. The van der Waals surface area contributed by atoms with Gasteiger partial charge in [0.2, 0.25) is 5.91 Å². The van der Waals surface area contributed by atoms with Gasteiger partial charge in [-0.05, 0) is 26.2 Å². The van der Waals surface area contributed by atoms with Gasteiger partial charge in [-0.1, -0.05) is 13.3 Å². The number of amides is 1. The minimum absolute atomic E-state index is 0.00718. The molecule has 0 spiro atoms. The van der Waals surface area contributed by atoms with Gasteiger partial charge in [0.05, 0.1) is 5.92 Å². The lowest BCUT2D eigenvalue weighted by Gasteiger charge is -2.18. The van der Waals surface area contributed by atoms with Gasteiger partial charge in [0.15, 0.2) is 0 Å². The first kappa shape index (κ1) is 15.9. The van der Waals surface area contributed by atoms with Gasteiger partial charge in [-0.3, -0.25) is 9.59 Å². The third-order valence-electron chi connectivity index (χ3n) is 2.71. The zero-order chi connectivity index (χ0) is 13.3. The van der Waals surface area contributed by atoms with Gasteiger partial charge in [0.25, 0.3) is 0 Å². The van der Waals surface area contributed by atoms with Crippen LogP contribution in [-0.4, -0.2) is 29.6 Å². The van der Waals surface area contributed by atoms with Crippen LogP contribution in [0.2, 0.25) is 0 Å². The molecule has 17 heavy (non-hydrogen) atoms. The van der Waals surface area contributed by atoms with Crippen molar-refractivity contribution in [1.82, 2.24) is 5.32 Å². The topological polar surface area (TPSA) is 92.4 Å². The largest absolute Gasteiger partial charge is 0.481 e. The van der Waals surface area contributed by atoms with E-state index in [0.29, 0.717) is 19.4 Å². The summed E-state index contributed by atoms with van der Waals surface area (Å²) < 4.78 is 0. The lowest BCUT2D eigenvalue weighted by atomic mass is 10.0. The van der Waals surface area contributed by atoms with E-state index in [2.05, 4.69) is 5.32 Å². The van der Waals surface area contributed by atoms with E-state index >= 15 is 0 Å². The molecular formula is C12H24N2O3. The zero-order valence-electron chi connectivity index (χ0n) is 10.7. The van der Waals surface area contributed by atoms with Crippen molar-refractivity contribution < 1.29 is 14.7 Å². The second kappa shape index (κ2) is 8.98. The Hall–Kier alpha value is -1.10. The molecule has 0 heterocycles. The van der Waals surface area contributed by atoms with Crippen LogP contribution in [0.5, 0.6) is 0 Å². The minimum atomic E-state index is -0.797. The molecule has 2 unspecified atom stereocenters. The highest BCUT2D eigenvalue weighted by molar-refractivity contribution is 5.79. The van der Waals surface area contributed by atoms with Crippen molar-refractivity contribution in [1.29, 1.82) is 0 Å². The van der Waals surface area contributed by atoms with E-state index in [9.17, 15) is 9.59 Å². The Morgan fingerprint density at radius 1 is 1.35 bits per heavy atom. The molecule has 0 saturated heterocycles.